The van der Waals surface area contributed by atoms with Crippen LogP contribution in [0.1, 0.15) is 28.8 Å². The Morgan fingerprint density at radius 1 is 1.47 bits per heavy atom. The molecule has 2 N–H and O–H groups in total. The molecule has 0 saturated heterocycles. The topological polar surface area (TPSA) is 66.4 Å². The number of hydrogen-bond donors (Lipinski definition) is 2. The predicted octanol–water partition coefficient (Wildman–Crippen LogP) is 2.60. The standard InChI is InChI=1S/C13H15NO3/c1-3-4-8-11(15)14-12-9(2)6-5-7-10(12)13(16)17/h3,5-7H,1,4,8H2,2H3,(H,14,15)(H,16,17). The molecule has 90 valence electrons. The summed E-state index contributed by atoms with van der Waals surface area (Å²) in [5.41, 5.74) is 1.21. The summed E-state index contributed by atoms with van der Waals surface area (Å²) >= 11 is 0. The van der Waals surface area contributed by atoms with Gasteiger partial charge >= 0.3 is 5.97 Å². The van der Waals surface area contributed by atoms with Crippen LogP contribution in [0.3, 0.4) is 0 Å². The zero-order valence-corrected chi connectivity index (χ0v) is 9.69. The Morgan fingerprint density at radius 2 is 2.18 bits per heavy atom. The van der Waals surface area contributed by atoms with Crippen LogP contribution in [0.5, 0.6) is 0 Å². The van der Waals surface area contributed by atoms with E-state index in [1.807, 2.05) is 0 Å². The van der Waals surface area contributed by atoms with E-state index in [1.54, 1.807) is 25.1 Å². The van der Waals surface area contributed by atoms with Gasteiger partial charge in [0.25, 0.3) is 0 Å². The maximum Gasteiger partial charge on any atom is 0.337 e. The highest BCUT2D eigenvalue weighted by molar-refractivity contribution is 6.01. The summed E-state index contributed by atoms with van der Waals surface area (Å²) in [6.45, 7) is 5.29. The number of amides is 1. The summed E-state index contributed by atoms with van der Waals surface area (Å²) in [5.74, 6) is -1.26. The van der Waals surface area contributed by atoms with Gasteiger partial charge in [-0.05, 0) is 25.0 Å². The number of nitrogens with one attached hydrogen (secondary N) is 1. The van der Waals surface area contributed by atoms with Gasteiger partial charge in [0.2, 0.25) is 5.91 Å². The third kappa shape index (κ3) is 3.45. The lowest BCUT2D eigenvalue weighted by molar-refractivity contribution is -0.116. The number of rotatable bonds is 5. The second-order valence-corrected chi connectivity index (χ2v) is 3.68. The lowest BCUT2D eigenvalue weighted by Gasteiger charge is -2.10. The van der Waals surface area contributed by atoms with Crippen molar-refractivity contribution in [2.24, 2.45) is 0 Å². The van der Waals surface area contributed by atoms with Crippen LogP contribution in [0.2, 0.25) is 0 Å². The zero-order chi connectivity index (χ0) is 12.8. The molecule has 0 spiro atoms. The molecular weight excluding hydrogens is 218 g/mol. The first-order valence-electron chi connectivity index (χ1n) is 5.30. The van der Waals surface area contributed by atoms with Gasteiger partial charge in [-0.15, -0.1) is 6.58 Å². The van der Waals surface area contributed by atoms with Gasteiger partial charge in [-0.2, -0.15) is 0 Å². The van der Waals surface area contributed by atoms with Crippen LogP contribution in [-0.4, -0.2) is 17.0 Å². The van der Waals surface area contributed by atoms with Crippen LogP contribution in [0, 0.1) is 6.92 Å². The first-order chi connectivity index (χ1) is 8.06. The molecule has 0 unspecified atom stereocenters. The van der Waals surface area contributed by atoms with Crippen molar-refractivity contribution in [2.75, 3.05) is 5.32 Å². The number of benzene rings is 1. The highest BCUT2D eigenvalue weighted by atomic mass is 16.4. The van der Waals surface area contributed by atoms with Crippen molar-refractivity contribution in [1.29, 1.82) is 0 Å². The number of aryl methyl sites for hydroxylation is 1. The Bertz CT molecular complexity index is 452. The van der Waals surface area contributed by atoms with Crippen LogP contribution in [0.4, 0.5) is 5.69 Å². The van der Waals surface area contributed by atoms with Crippen LogP contribution < -0.4 is 5.32 Å². The summed E-state index contributed by atoms with van der Waals surface area (Å²) in [5, 5.41) is 11.6. The van der Waals surface area contributed by atoms with E-state index in [2.05, 4.69) is 11.9 Å². The van der Waals surface area contributed by atoms with Gasteiger partial charge < -0.3 is 10.4 Å². The summed E-state index contributed by atoms with van der Waals surface area (Å²) in [6, 6.07) is 4.88. The van der Waals surface area contributed by atoms with Gasteiger partial charge in [0.1, 0.15) is 0 Å². The maximum atomic E-state index is 11.5. The number of aromatic carboxylic acids is 1. The molecule has 0 radical (unpaired) electrons. The maximum absolute atomic E-state index is 11.5. The van der Waals surface area contributed by atoms with E-state index < -0.39 is 5.97 Å². The van der Waals surface area contributed by atoms with E-state index in [1.165, 1.54) is 6.07 Å². The molecular formula is C13H15NO3. The molecule has 0 bridgehead atoms. The lowest BCUT2D eigenvalue weighted by atomic mass is 10.1. The summed E-state index contributed by atoms with van der Waals surface area (Å²) in [6.07, 6.45) is 2.52. The molecule has 17 heavy (non-hydrogen) atoms. The minimum Gasteiger partial charge on any atom is -0.478 e. The largest absolute Gasteiger partial charge is 0.478 e. The van der Waals surface area contributed by atoms with E-state index in [-0.39, 0.29) is 11.5 Å². The molecule has 1 amide bonds. The van der Waals surface area contributed by atoms with Crippen LogP contribution in [0.15, 0.2) is 30.9 Å². The Hall–Kier alpha value is -2.10. The number of carboxylic acids is 1. The monoisotopic (exact) mass is 233 g/mol. The van der Waals surface area contributed by atoms with Gasteiger partial charge in [0.15, 0.2) is 0 Å². The number of carbonyl (C=O) groups excluding carboxylic acids is 1. The van der Waals surface area contributed by atoms with Gasteiger partial charge in [-0.25, -0.2) is 4.79 Å². The van der Waals surface area contributed by atoms with Crippen LogP contribution in [0.25, 0.3) is 0 Å². The second kappa shape index (κ2) is 5.84. The van der Waals surface area contributed by atoms with Gasteiger partial charge in [0, 0.05) is 6.42 Å². The minimum atomic E-state index is -1.05. The average molecular weight is 233 g/mol. The Morgan fingerprint density at radius 3 is 2.76 bits per heavy atom. The molecule has 1 aromatic carbocycles. The Kier molecular flexibility index (Phi) is 4.46. The lowest BCUT2D eigenvalue weighted by Crippen LogP contribution is -2.15. The third-order valence-electron chi connectivity index (χ3n) is 2.34. The normalized spacial score (nSPS) is 9.71. The Balaban J connectivity index is 2.92. The second-order valence-electron chi connectivity index (χ2n) is 3.68. The number of allylic oxidation sites excluding steroid dienone is 1. The van der Waals surface area contributed by atoms with Crippen molar-refractivity contribution in [3.8, 4) is 0 Å². The molecule has 0 aliphatic heterocycles. The van der Waals surface area contributed by atoms with Crippen LogP contribution in [-0.2, 0) is 4.79 Å². The fraction of sp³-hybridized carbons (Fsp3) is 0.231. The SMILES string of the molecule is C=CCCC(=O)Nc1c(C)cccc1C(=O)O. The summed E-state index contributed by atoms with van der Waals surface area (Å²) in [7, 11) is 0. The zero-order valence-electron chi connectivity index (χ0n) is 9.69. The van der Waals surface area contributed by atoms with Crippen LogP contribution >= 0.6 is 0 Å². The third-order valence-corrected chi connectivity index (χ3v) is 2.34. The molecule has 1 aromatic rings. The molecule has 0 aliphatic carbocycles. The fourth-order valence-electron chi connectivity index (χ4n) is 1.45. The van der Waals surface area contributed by atoms with E-state index in [4.69, 9.17) is 5.11 Å². The summed E-state index contributed by atoms with van der Waals surface area (Å²) < 4.78 is 0. The van der Waals surface area contributed by atoms with Crippen molar-refractivity contribution < 1.29 is 14.7 Å². The van der Waals surface area contributed by atoms with Gasteiger partial charge in [-0.1, -0.05) is 18.2 Å². The molecule has 4 nitrogen and oxygen atoms in total. The Labute approximate surface area is 100.0 Å². The number of carbonyl (C=O) groups is 2. The highest BCUT2D eigenvalue weighted by Gasteiger charge is 2.13. The van der Waals surface area contributed by atoms with E-state index in [0.717, 1.165) is 5.56 Å². The van der Waals surface area contributed by atoms with E-state index in [0.29, 0.717) is 18.5 Å². The molecule has 0 fully saturated rings. The number of para-hydroxylation sites is 1. The fourth-order valence-corrected chi connectivity index (χ4v) is 1.45. The predicted molar refractivity (Wildman–Crippen MR) is 66.2 cm³/mol. The first-order valence-corrected chi connectivity index (χ1v) is 5.30. The molecule has 0 saturated carbocycles. The molecule has 0 aliphatic rings. The number of anilines is 1. The molecule has 0 heterocycles. The minimum absolute atomic E-state index is 0.108. The number of carboxylic acid groups (broad SMARTS) is 1. The molecule has 0 atom stereocenters. The molecule has 1 rings (SSSR count). The highest BCUT2D eigenvalue weighted by Crippen LogP contribution is 2.20. The summed E-state index contributed by atoms with van der Waals surface area (Å²) in [4.78, 5) is 22.5. The smallest absolute Gasteiger partial charge is 0.337 e. The van der Waals surface area contributed by atoms with Crippen molar-refractivity contribution in [3.05, 3.63) is 42.0 Å². The van der Waals surface area contributed by atoms with E-state index >= 15 is 0 Å². The van der Waals surface area contributed by atoms with Crippen molar-refractivity contribution >= 4 is 17.6 Å². The molecule has 0 aromatic heterocycles. The molecule has 4 heteroatoms. The quantitative estimate of drug-likeness (QED) is 0.768. The van der Waals surface area contributed by atoms with E-state index in [9.17, 15) is 9.59 Å². The van der Waals surface area contributed by atoms with Crippen molar-refractivity contribution in [3.63, 3.8) is 0 Å². The van der Waals surface area contributed by atoms with Crippen molar-refractivity contribution in [2.45, 2.75) is 19.8 Å². The first kappa shape index (κ1) is 13.0. The van der Waals surface area contributed by atoms with Gasteiger partial charge in [-0.3, -0.25) is 4.79 Å². The van der Waals surface area contributed by atoms with Crippen molar-refractivity contribution in [1.82, 2.24) is 0 Å². The van der Waals surface area contributed by atoms with Gasteiger partial charge in [0.05, 0.1) is 11.3 Å². The average Bonchev–Trinajstić information content (AvgIpc) is 2.28. The number of hydrogen-bond acceptors (Lipinski definition) is 2.